The summed E-state index contributed by atoms with van der Waals surface area (Å²) in [6.07, 6.45) is 12.8. The van der Waals surface area contributed by atoms with Crippen molar-refractivity contribution < 1.29 is 0 Å². The molecule has 0 N–H and O–H groups in total. The molecule has 0 amide bonds. The van der Waals surface area contributed by atoms with Gasteiger partial charge in [0, 0.05) is 34.1 Å². The summed E-state index contributed by atoms with van der Waals surface area (Å²) < 4.78 is 0. The van der Waals surface area contributed by atoms with Crippen molar-refractivity contribution in [2.75, 3.05) is 9.80 Å². The van der Waals surface area contributed by atoms with Gasteiger partial charge in [-0.1, -0.05) is 128 Å². The number of hydrogen-bond acceptors (Lipinski definition) is 2. The topological polar surface area (TPSA) is 6.48 Å². The van der Waals surface area contributed by atoms with Crippen molar-refractivity contribution in [3.05, 3.63) is 245 Å². The highest BCUT2D eigenvalue weighted by Gasteiger charge is 2.48. The predicted molar refractivity (Wildman–Crippen MR) is 235 cm³/mol. The van der Waals surface area contributed by atoms with E-state index in [1.807, 2.05) is 12.2 Å². The smallest absolute Gasteiger partial charge is 0.0715 e. The Hall–Kier alpha value is -6.64. The Morgan fingerprint density at radius 3 is 1.45 bits per heavy atom. The zero-order chi connectivity index (χ0) is 37.6. The van der Waals surface area contributed by atoms with E-state index in [1.165, 1.54) is 55.6 Å². The third-order valence-electron chi connectivity index (χ3n) is 12.2. The Labute approximate surface area is 331 Å². The summed E-state index contributed by atoms with van der Waals surface area (Å²) in [4.78, 5) is 4.78. The van der Waals surface area contributed by atoms with E-state index >= 15 is 0 Å². The van der Waals surface area contributed by atoms with E-state index in [-0.39, 0.29) is 0 Å². The molecule has 0 fully saturated rings. The quantitative estimate of drug-likeness (QED) is 0.130. The first-order chi connectivity index (χ1) is 27.7. The average Bonchev–Trinajstić information content (AvgIpc) is 3.51. The summed E-state index contributed by atoms with van der Waals surface area (Å²) in [7, 11) is 0. The minimum absolute atomic E-state index is 0.555. The monoisotopic (exact) mass is 720 g/mol. The molecule has 56 heavy (non-hydrogen) atoms. The molecule has 0 atom stereocenters. The van der Waals surface area contributed by atoms with Gasteiger partial charge in [0.15, 0.2) is 0 Å². The van der Waals surface area contributed by atoms with E-state index in [0.717, 1.165) is 59.8 Å². The van der Waals surface area contributed by atoms with Crippen molar-refractivity contribution in [2.24, 2.45) is 0 Å². The van der Waals surface area contributed by atoms with E-state index in [0.29, 0.717) is 0 Å². The van der Waals surface area contributed by atoms with E-state index in [2.05, 4.69) is 199 Å². The van der Waals surface area contributed by atoms with Gasteiger partial charge < -0.3 is 9.80 Å². The number of rotatable bonds is 10. The Morgan fingerprint density at radius 2 is 0.982 bits per heavy atom. The summed E-state index contributed by atoms with van der Waals surface area (Å²) >= 11 is 0. The lowest BCUT2D eigenvalue weighted by molar-refractivity contribution is 0.740. The van der Waals surface area contributed by atoms with Crippen molar-refractivity contribution in [3.8, 4) is 11.1 Å². The van der Waals surface area contributed by atoms with Gasteiger partial charge in [-0.05, 0) is 155 Å². The number of nitrogens with zero attached hydrogens (tertiary/aromatic N) is 2. The molecule has 0 saturated carbocycles. The molecule has 2 nitrogen and oxygen atoms in total. The highest BCUT2D eigenvalue weighted by atomic mass is 15.1. The zero-order valence-corrected chi connectivity index (χ0v) is 31.8. The molecule has 3 aliphatic carbocycles. The lowest BCUT2D eigenvalue weighted by atomic mass is 9.65. The molecule has 0 radical (unpaired) electrons. The maximum absolute atomic E-state index is 3.99. The van der Waals surface area contributed by atoms with Crippen molar-refractivity contribution in [1.29, 1.82) is 0 Å². The fourth-order valence-corrected chi connectivity index (χ4v) is 9.32. The summed E-state index contributed by atoms with van der Waals surface area (Å²) in [5.74, 6) is 0. The predicted octanol–water partition coefficient (Wildman–Crippen LogP) is 13.5. The van der Waals surface area contributed by atoms with Gasteiger partial charge in [0.1, 0.15) is 0 Å². The van der Waals surface area contributed by atoms with Gasteiger partial charge in [0.2, 0.25) is 0 Å². The molecule has 7 aromatic carbocycles. The SMILES string of the molecule is C=C/C=C\C(=C/C)N(c1ccccc1)c1ccc2c(c1)C(c1ccc3c(c1)CC3)(c1ccc3c(c1)CC3)c1cc(N(c3ccccc3)c3ccccc3)ccc1-2. The molecule has 10 rings (SSSR count). The van der Waals surface area contributed by atoms with Gasteiger partial charge in [-0.2, -0.15) is 0 Å². The molecule has 2 heteroatoms. The van der Waals surface area contributed by atoms with Crippen LogP contribution in [-0.2, 0) is 31.1 Å². The third kappa shape index (κ3) is 5.39. The van der Waals surface area contributed by atoms with E-state index < -0.39 is 5.41 Å². The number of anilines is 5. The maximum Gasteiger partial charge on any atom is 0.0715 e. The number of fused-ring (bicyclic) bond motifs is 5. The van der Waals surface area contributed by atoms with Crippen LogP contribution in [0.25, 0.3) is 11.1 Å². The molecule has 0 saturated heterocycles. The van der Waals surface area contributed by atoms with Crippen molar-refractivity contribution in [2.45, 2.75) is 38.0 Å². The molecule has 0 bridgehead atoms. The fraction of sp³-hybridized carbons (Fsp3) is 0.111. The molecule has 0 aromatic heterocycles. The molecular formula is C54H44N2. The molecule has 0 aliphatic heterocycles. The van der Waals surface area contributed by atoms with Gasteiger partial charge in [0.05, 0.1) is 5.41 Å². The van der Waals surface area contributed by atoms with Gasteiger partial charge >= 0.3 is 0 Å². The van der Waals surface area contributed by atoms with Crippen LogP contribution in [0.1, 0.15) is 51.4 Å². The second-order valence-corrected chi connectivity index (χ2v) is 15.2. The summed E-state index contributed by atoms with van der Waals surface area (Å²) in [6.45, 7) is 6.10. The normalized spacial score (nSPS) is 14.5. The minimum Gasteiger partial charge on any atom is -0.311 e. The van der Waals surface area contributed by atoms with Crippen LogP contribution in [0, 0.1) is 0 Å². The van der Waals surface area contributed by atoms with Crippen LogP contribution in [0.15, 0.2) is 200 Å². The van der Waals surface area contributed by atoms with Crippen molar-refractivity contribution in [1.82, 2.24) is 0 Å². The standard InChI is InChI=1S/C54H44N2/c1-3-5-15-44(4-2)55(45-16-9-6-10-17-45)48-30-32-50-51-33-31-49(56(46-18-11-7-12-19-46)47-20-13-8-14-21-47)37-53(51)54(52(50)36-48,42-28-26-38-22-24-40(38)34-42)43-29-27-39-23-25-41(39)35-43/h3-21,26-37H,1,22-25H2,2H3/b15-5-,44-4+. The number of aryl methyl sites for hydroxylation is 4. The first-order valence-corrected chi connectivity index (χ1v) is 19.9. The Kier molecular flexibility index (Phi) is 8.41. The van der Waals surface area contributed by atoms with Crippen LogP contribution in [-0.4, -0.2) is 0 Å². The molecular weight excluding hydrogens is 677 g/mol. The van der Waals surface area contributed by atoms with Gasteiger partial charge in [-0.25, -0.2) is 0 Å². The van der Waals surface area contributed by atoms with Crippen LogP contribution < -0.4 is 9.80 Å². The molecule has 3 aliphatic rings. The van der Waals surface area contributed by atoms with Gasteiger partial charge in [0.25, 0.3) is 0 Å². The Bertz CT molecular complexity index is 2570. The maximum atomic E-state index is 3.99. The summed E-state index contributed by atoms with van der Waals surface area (Å²) in [5, 5.41) is 0. The van der Waals surface area contributed by atoms with Gasteiger partial charge in [-0.15, -0.1) is 0 Å². The van der Waals surface area contributed by atoms with Gasteiger partial charge in [-0.3, -0.25) is 0 Å². The minimum atomic E-state index is -0.555. The second-order valence-electron chi connectivity index (χ2n) is 15.2. The number of hydrogen-bond donors (Lipinski definition) is 0. The molecule has 0 heterocycles. The molecule has 0 spiro atoms. The Morgan fingerprint density at radius 1 is 0.500 bits per heavy atom. The molecule has 7 aromatic rings. The first kappa shape index (κ1) is 33.9. The zero-order valence-electron chi connectivity index (χ0n) is 31.8. The largest absolute Gasteiger partial charge is 0.311 e. The van der Waals surface area contributed by atoms with Crippen molar-refractivity contribution >= 4 is 28.4 Å². The molecule has 270 valence electrons. The average molecular weight is 721 g/mol. The fourth-order valence-electron chi connectivity index (χ4n) is 9.32. The van der Waals surface area contributed by atoms with E-state index in [9.17, 15) is 0 Å². The third-order valence-corrected chi connectivity index (χ3v) is 12.2. The van der Waals surface area contributed by atoms with E-state index in [1.54, 1.807) is 0 Å². The van der Waals surface area contributed by atoms with E-state index in [4.69, 9.17) is 0 Å². The highest BCUT2D eigenvalue weighted by Crippen LogP contribution is 2.59. The van der Waals surface area contributed by atoms with Crippen molar-refractivity contribution in [3.63, 3.8) is 0 Å². The lowest BCUT2D eigenvalue weighted by Gasteiger charge is -2.38. The van der Waals surface area contributed by atoms with Crippen LogP contribution >= 0.6 is 0 Å². The van der Waals surface area contributed by atoms with Crippen LogP contribution in [0.4, 0.5) is 28.4 Å². The van der Waals surface area contributed by atoms with Crippen LogP contribution in [0.3, 0.4) is 0 Å². The summed E-state index contributed by atoms with van der Waals surface area (Å²) in [6, 6.07) is 61.3. The van der Waals surface area contributed by atoms with Crippen LogP contribution in [0.2, 0.25) is 0 Å². The molecule has 0 unspecified atom stereocenters. The lowest BCUT2D eigenvalue weighted by Crippen LogP contribution is -2.31. The van der Waals surface area contributed by atoms with Crippen LogP contribution in [0.5, 0.6) is 0 Å². The second kappa shape index (κ2) is 13.9. The number of benzene rings is 7. The Balaban J connectivity index is 1.28. The summed E-state index contributed by atoms with van der Waals surface area (Å²) in [5.41, 5.74) is 19.9. The number of allylic oxidation sites excluding steroid dienone is 4. The highest BCUT2D eigenvalue weighted by molar-refractivity contribution is 5.91. The number of para-hydroxylation sites is 3. The first-order valence-electron chi connectivity index (χ1n) is 19.9.